The number of nitrogens with zero attached hydrogens (tertiary/aromatic N) is 1. The molecule has 0 saturated carbocycles. The van der Waals surface area contributed by atoms with Gasteiger partial charge < -0.3 is 9.47 Å². The lowest BCUT2D eigenvalue weighted by Gasteiger charge is -2.21. The molecule has 0 aliphatic carbocycles. The van der Waals surface area contributed by atoms with Gasteiger partial charge in [-0.1, -0.05) is 49.2 Å². The Morgan fingerprint density at radius 3 is 2.37 bits per heavy atom. The summed E-state index contributed by atoms with van der Waals surface area (Å²) in [5, 5.41) is 2.14. The number of likely N-dealkylation sites (tertiary alicyclic amines) is 1. The maximum absolute atomic E-state index is 6.06. The molecule has 4 rings (SSSR count). The lowest BCUT2D eigenvalue weighted by molar-refractivity contribution is 0.214. The number of hydrogen-bond acceptors (Lipinski definition) is 4. The molecule has 1 fully saturated rings. The summed E-state index contributed by atoms with van der Waals surface area (Å²) in [5.41, 5.74) is 2.44. The largest absolute Gasteiger partial charge is 0.496 e. The fourth-order valence-electron chi connectivity index (χ4n) is 4.27. The molecular weight excluding hydrogens is 390 g/mol. The fourth-order valence-corrected chi connectivity index (χ4v) is 5.14. The third-order valence-electron chi connectivity index (χ3n) is 5.87. The second kappa shape index (κ2) is 10.6. The molecule has 0 bridgehead atoms. The maximum Gasteiger partial charge on any atom is 0.123 e. The van der Waals surface area contributed by atoms with E-state index >= 15 is 0 Å². The van der Waals surface area contributed by atoms with E-state index in [-0.39, 0.29) is 5.92 Å². The van der Waals surface area contributed by atoms with E-state index in [1.807, 2.05) is 12.1 Å². The summed E-state index contributed by atoms with van der Waals surface area (Å²) in [4.78, 5) is 3.85. The van der Waals surface area contributed by atoms with Crippen molar-refractivity contribution in [2.24, 2.45) is 0 Å². The van der Waals surface area contributed by atoms with Crippen LogP contribution in [0.15, 0.2) is 66.0 Å². The first-order chi connectivity index (χ1) is 14.8. The highest BCUT2D eigenvalue weighted by atomic mass is 32.1. The summed E-state index contributed by atoms with van der Waals surface area (Å²) in [5.74, 6) is 2.03. The van der Waals surface area contributed by atoms with Gasteiger partial charge in [-0.25, -0.2) is 0 Å². The van der Waals surface area contributed by atoms with E-state index in [4.69, 9.17) is 9.47 Å². The number of rotatable bonds is 8. The average molecular weight is 422 g/mol. The van der Waals surface area contributed by atoms with Crippen LogP contribution in [0.3, 0.4) is 0 Å². The topological polar surface area (TPSA) is 21.7 Å². The minimum Gasteiger partial charge on any atom is -0.496 e. The van der Waals surface area contributed by atoms with Gasteiger partial charge in [0.15, 0.2) is 0 Å². The molecule has 1 aliphatic heterocycles. The van der Waals surface area contributed by atoms with Crippen LogP contribution in [-0.4, -0.2) is 38.3 Å². The van der Waals surface area contributed by atoms with Gasteiger partial charge >= 0.3 is 0 Å². The van der Waals surface area contributed by atoms with Crippen LogP contribution in [0.2, 0.25) is 0 Å². The van der Waals surface area contributed by atoms with Crippen molar-refractivity contribution in [1.82, 2.24) is 4.90 Å². The lowest BCUT2D eigenvalue weighted by Crippen LogP contribution is -2.29. The smallest absolute Gasteiger partial charge is 0.123 e. The Bertz CT molecular complexity index is 884. The van der Waals surface area contributed by atoms with Crippen LogP contribution in [0.5, 0.6) is 11.5 Å². The molecule has 1 aromatic heterocycles. The Morgan fingerprint density at radius 2 is 1.67 bits per heavy atom. The minimum atomic E-state index is 0.160. The third-order valence-corrected chi connectivity index (χ3v) is 6.80. The van der Waals surface area contributed by atoms with Crippen LogP contribution in [0.1, 0.15) is 47.6 Å². The van der Waals surface area contributed by atoms with E-state index in [1.54, 1.807) is 18.4 Å². The summed E-state index contributed by atoms with van der Waals surface area (Å²) < 4.78 is 11.7. The zero-order valence-electron chi connectivity index (χ0n) is 17.8. The van der Waals surface area contributed by atoms with Gasteiger partial charge in [0.25, 0.3) is 0 Å². The van der Waals surface area contributed by atoms with E-state index in [2.05, 4.69) is 58.8 Å². The molecule has 0 amide bonds. The van der Waals surface area contributed by atoms with Gasteiger partial charge in [0.2, 0.25) is 0 Å². The van der Waals surface area contributed by atoms with Crippen molar-refractivity contribution in [3.8, 4) is 11.5 Å². The number of ether oxygens (including phenoxy) is 2. The Balaban J connectivity index is 1.46. The first-order valence-corrected chi connectivity index (χ1v) is 11.8. The van der Waals surface area contributed by atoms with Gasteiger partial charge in [-0.05, 0) is 61.1 Å². The van der Waals surface area contributed by atoms with E-state index < -0.39 is 0 Å². The van der Waals surface area contributed by atoms with Gasteiger partial charge in [0, 0.05) is 22.9 Å². The van der Waals surface area contributed by atoms with E-state index in [1.165, 1.54) is 54.8 Å². The van der Waals surface area contributed by atoms with E-state index in [9.17, 15) is 0 Å². The van der Waals surface area contributed by atoms with Crippen LogP contribution < -0.4 is 9.47 Å². The Kier molecular flexibility index (Phi) is 7.44. The average Bonchev–Trinajstić information content (AvgIpc) is 3.19. The van der Waals surface area contributed by atoms with Gasteiger partial charge in [-0.2, -0.15) is 0 Å². The summed E-state index contributed by atoms with van der Waals surface area (Å²) >= 11 is 1.78. The monoisotopic (exact) mass is 421 g/mol. The quantitative estimate of drug-likeness (QED) is 0.433. The van der Waals surface area contributed by atoms with Crippen molar-refractivity contribution in [1.29, 1.82) is 0 Å². The SMILES string of the molecule is COc1ccccc1[C@@H](c1ccc(OCCN2CCCCCC2)cc1)c1cccs1. The standard InChI is InChI=1S/C26H31NO2S/c1-28-24-10-5-4-9-23(24)26(25-11-8-20-30-25)21-12-14-22(15-13-21)29-19-18-27-16-6-2-3-7-17-27/h4-5,8-15,20,26H,2-3,6-7,16-19H2,1H3/t26-/m1/s1. The summed E-state index contributed by atoms with van der Waals surface area (Å²) in [6, 6.07) is 21.2. The van der Waals surface area contributed by atoms with Gasteiger partial charge in [0.05, 0.1) is 7.11 Å². The van der Waals surface area contributed by atoms with Gasteiger partial charge in [-0.15, -0.1) is 11.3 Å². The van der Waals surface area contributed by atoms with Crippen molar-refractivity contribution < 1.29 is 9.47 Å². The number of para-hydroxylation sites is 1. The molecule has 30 heavy (non-hydrogen) atoms. The Morgan fingerprint density at radius 1 is 0.900 bits per heavy atom. The highest BCUT2D eigenvalue weighted by Gasteiger charge is 2.21. The molecule has 1 aliphatic rings. The van der Waals surface area contributed by atoms with Crippen LogP contribution in [0.4, 0.5) is 0 Å². The summed E-state index contributed by atoms with van der Waals surface area (Å²) in [6.07, 6.45) is 5.39. The molecule has 158 valence electrons. The van der Waals surface area contributed by atoms with E-state index in [0.717, 1.165) is 24.7 Å². The highest BCUT2D eigenvalue weighted by Crippen LogP contribution is 2.39. The fraction of sp³-hybridized carbons (Fsp3) is 0.385. The predicted octanol–water partition coefficient (Wildman–Crippen LogP) is 6.19. The van der Waals surface area contributed by atoms with Crippen molar-refractivity contribution >= 4 is 11.3 Å². The first-order valence-electron chi connectivity index (χ1n) is 11.0. The summed E-state index contributed by atoms with van der Waals surface area (Å²) in [6.45, 7) is 4.19. The highest BCUT2D eigenvalue weighted by molar-refractivity contribution is 7.10. The van der Waals surface area contributed by atoms with Crippen molar-refractivity contribution in [3.63, 3.8) is 0 Å². The molecule has 2 heterocycles. The molecule has 2 aromatic carbocycles. The molecule has 3 nitrogen and oxygen atoms in total. The molecule has 0 spiro atoms. The Hall–Kier alpha value is -2.30. The van der Waals surface area contributed by atoms with Gasteiger partial charge in [0.1, 0.15) is 18.1 Å². The normalized spacial score (nSPS) is 16.0. The molecule has 0 radical (unpaired) electrons. The number of thiophene rings is 1. The molecule has 1 atom stereocenters. The van der Waals surface area contributed by atoms with Gasteiger partial charge in [-0.3, -0.25) is 4.90 Å². The zero-order valence-corrected chi connectivity index (χ0v) is 18.6. The van der Waals surface area contributed by atoms with Crippen LogP contribution >= 0.6 is 11.3 Å². The molecule has 4 heteroatoms. The molecular formula is C26H31NO2S. The number of benzene rings is 2. The molecule has 0 unspecified atom stereocenters. The lowest BCUT2D eigenvalue weighted by atomic mass is 9.89. The van der Waals surface area contributed by atoms with Crippen LogP contribution in [-0.2, 0) is 0 Å². The van der Waals surface area contributed by atoms with Crippen LogP contribution in [0, 0.1) is 0 Å². The van der Waals surface area contributed by atoms with Crippen molar-refractivity contribution in [2.45, 2.75) is 31.6 Å². The second-order valence-corrected chi connectivity index (χ2v) is 8.84. The van der Waals surface area contributed by atoms with Crippen LogP contribution in [0.25, 0.3) is 0 Å². The predicted molar refractivity (Wildman–Crippen MR) is 125 cm³/mol. The maximum atomic E-state index is 6.06. The number of methoxy groups -OCH3 is 1. The molecule has 1 saturated heterocycles. The summed E-state index contributed by atoms with van der Waals surface area (Å²) in [7, 11) is 1.74. The van der Waals surface area contributed by atoms with Crippen molar-refractivity contribution in [2.75, 3.05) is 33.4 Å². The third kappa shape index (κ3) is 5.24. The zero-order chi connectivity index (χ0) is 20.6. The van der Waals surface area contributed by atoms with Crippen molar-refractivity contribution in [3.05, 3.63) is 82.0 Å². The first kappa shape index (κ1) is 21.0. The molecule has 0 N–H and O–H groups in total. The second-order valence-electron chi connectivity index (χ2n) is 7.86. The number of hydrogen-bond donors (Lipinski definition) is 0. The minimum absolute atomic E-state index is 0.160. The molecule has 3 aromatic rings. The Labute approximate surface area is 184 Å². The van der Waals surface area contributed by atoms with E-state index in [0.29, 0.717) is 0 Å².